The number of fused-ring (bicyclic) bond motifs is 1. The molecule has 0 N–H and O–H groups in total. The summed E-state index contributed by atoms with van der Waals surface area (Å²) in [7, 11) is 3.73. The van der Waals surface area contributed by atoms with Crippen molar-refractivity contribution in [3.8, 4) is 11.9 Å². The van der Waals surface area contributed by atoms with E-state index in [1.54, 1.807) is 18.3 Å². The first kappa shape index (κ1) is 25.0. The maximum absolute atomic E-state index is 9.51. The van der Waals surface area contributed by atoms with Crippen molar-refractivity contribution in [1.29, 1.82) is 5.26 Å². The molecular formula is C29H31N9O. The van der Waals surface area contributed by atoms with Gasteiger partial charge in [0.2, 0.25) is 5.88 Å². The smallest absolute Gasteiger partial charge is 0.212 e. The Labute approximate surface area is 228 Å². The van der Waals surface area contributed by atoms with Crippen LogP contribution in [-0.2, 0) is 6.54 Å². The Morgan fingerprint density at radius 3 is 2.62 bits per heavy atom. The topological polar surface area (TPSA) is 96.8 Å². The number of likely N-dealkylation sites (N-methyl/N-ethyl adjacent to an activating group) is 1. The van der Waals surface area contributed by atoms with Crippen LogP contribution in [0.15, 0.2) is 77.1 Å². The van der Waals surface area contributed by atoms with Crippen molar-refractivity contribution >= 4 is 17.6 Å². The normalized spacial score (nSPS) is 25.4. The summed E-state index contributed by atoms with van der Waals surface area (Å²) in [5.41, 5.74) is 5.72. The van der Waals surface area contributed by atoms with E-state index in [4.69, 9.17) is 14.7 Å². The van der Waals surface area contributed by atoms with Crippen LogP contribution in [0.25, 0.3) is 5.57 Å². The van der Waals surface area contributed by atoms with Crippen molar-refractivity contribution < 1.29 is 4.74 Å². The minimum absolute atomic E-state index is 0.519. The van der Waals surface area contributed by atoms with Gasteiger partial charge in [0.25, 0.3) is 0 Å². The van der Waals surface area contributed by atoms with Gasteiger partial charge in [-0.15, -0.1) is 0 Å². The molecule has 4 aliphatic rings. The third-order valence-corrected chi connectivity index (χ3v) is 7.62. The number of methoxy groups -OCH3 is 1. The van der Waals surface area contributed by atoms with Gasteiger partial charge in [-0.2, -0.15) is 10.4 Å². The van der Waals surface area contributed by atoms with E-state index < -0.39 is 0 Å². The number of piperazine rings is 1. The SMILES string of the molecule is C/C=N\N1C=C(C2=CCN(C)C2)C=C(c2cnc(N3CC4C(C3)N4Cc3ccc(OC)nc3)cn2)/C1=C\C#N. The Morgan fingerprint density at radius 1 is 1.15 bits per heavy atom. The largest absolute Gasteiger partial charge is 0.481 e. The summed E-state index contributed by atoms with van der Waals surface area (Å²) in [5, 5.41) is 15.8. The molecule has 4 aliphatic heterocycles. The molecule has 2 atom stereocenters. The van der Waals surface area contributed by atoms with Crippen LogP contribution in [-0.4, -0.2) is 88.4 Å². The summed E-state index contributed by atoms with van der Waals surface area (Å²) in [6.45, 7) is 6.39. The van der Waals surface area contributed by atoms with E-state index in [1.165, 1.54) is 17.2 Å². The molecule has 0 spiro atoms. The van der Waals surface area contributed by atoms with Gasteiger partial charge in [0.1, 0.15) is 5.82 Å². The number of nitrogens with zero attached hydrogens (tertiary/aromatic N) is 9. The molecule has 0 aromatic carbocycles. The fourth-order valence-electron chi connectivity index (χ4n) is 5.55. The van der Waals surface area contributed by atoms with Crippen molar-refractivity contribution in [2.24, 2.45) is 5.10 Å². The van der Waals surface area contributed by atoms with E-state index in [9.17, 15) is 5.26 Å². The Kier molecular flexibility index (Phi) is 6.69. The van der Waals surface area contributed by atoms with Crippen molar-refractivity contribution in [3.63, 3.8) is 0 Å². The lowest BCUT2D eigenvalue weighted by Gasteiger charge is -2.26. The minimum atomic E-state index is 0.519. The number of hydrazone groups is 1. The summed E-state index contributed by atoms with van der Waals surface area (Å²) >= 11 is 0. The van der Waals surface area contributed by atoms with Crippen LogP contribution in [0.4, 0.5) is 5.82 Å². The molecule has 6 rings (SSSR count). The molecule has 6 heterocycles. The maximum atomic E-state index is 9.51. The highest BCUT2D eigenvalue weighted by molar-refractivity contribution is 5.82. The Balaban J connectivity index is 1.17. The molecule has 0 aliphatic carbocycles. The zero-order chi connectivity index (χ0) is 26.9. The monoisotopic (exact) mass is 521 g/mol. The van der Waals surface area contributed by atoms with Gasteiger partial charge >= 0.3 is 0 Å². The van der Waals surface area contributed by atoms with E-state index in [1.807, 2.05) is 37.8 Å². The van der Waals surface area contributed by atoms with Crippen molar-refractivity contribution in [2.45, 2.75) is 25.6 Å². The van der Waals surface area contributed by atoms with Crippen molar-refractivity contribution in [1.82, 2.24) is 29.8 Å². The summed E-state index contributed by atoms with van der Waals surface area (Å²) in [6, 6.07) is 7.19. The number of anilines is 1. The van der Waals surface area contributed by atoms with Gasteiger partial charge in [0.05, 0.1) is 37.0 Å². The zero-order valence-electron chi connectivity index (χ0n) is 22.4. The average Bonchev–Trinajstić information content (AvgIpc) is 3.27. The van der Waals surface area contributed by atoms with Gasteiger partial charge in [0.15, 0.2) is 0 Å². The number of hydrogen-bond acceptors (Lipinski definition) is 10. The zero-order valence-corrected chi connectivity index (χ0v) is 22.4. The van der Waals surface area contributed by atoms with E-state index in [0.717, 1.165) is 49.7 Å². The lowest BCUT2D eigenvalue weighted by molar-refractivity contribution is 0.396. The van der Waals surface area contributed by atoms with Gasteiger partial charge in [-0.1, -0.05) is 12.1 Å². The highest BCUT2D eigenvalue weighted by Crippen LogP contribution is 2.39. The third-order valence-electron chi connectivity index (χ3n) is 7.62. The number of nitriles is 1. The van der Waals surface area contributed by atoms with E-state index >= 15 is 0 Å². The molecular weight excluding hydrogens is 490 g/mol. The maximum Gasteiger partial charge on any atom is 0.212 e. The van der Waals surface area contributed by atoms with Gasteiger partial charge in [-0.3, -0.25) is 14.8 Å². The minimum Gasteiger partial charge on any atom is -0.481 e. The number of ether oxygens (including phenoxy) is 1. The molecule has 39 heavy (non-hydrogen) atoms. The Bertz CT molecular complexity index is 1420. The molecule has 0 amide bonds. The lowest BCUT2D eigenvalue weighted by Crippen LogP contribution is -2.30. The molecule has 10 nitrogen and oxygen atoms in total. The van der Waals surface area contributed by atoms with E-state index in [2.05, 4.69) is 56.1 Å². The summed E-state index contributed by atoms with van der Waals surface area (Å²) < 4.78 is 5.16. The predicted molar refractivity (Wildman–Crippen MR) is 149 cm³/mol. The first-order valence-corrected chi connectivity index (χ1v) is 13.1. The second-order valence-electron chi connectivity index (χ2n) is 10.1. The summed E-state index contributed by atoms with van der Waals surface area (Å²) in [5.74, 6) is 1.51. The molecule has 2 fully saturated rings. The quantitative estimate of drug-likeness (QED) is 0.310. The highest BCUT2D eigenvalue weighted by Gasteiger charge is 2.53. The number of allylic oxidation sites excluding steroid dienone is 3. The van der Waals surface area contributed by atoms with Crippen LogP contribution in [0, 0.1) is 11.3 Å². The fourth-order valence-corrected chi connectivity index (χ4v) is 5.55. The highest BCUT2D eigenvalue weighted by atomic mass is 16.5. The third kappa shape index (κ3) is 4.94. The van der Waals surface area contributed by atoms with Crippen LogP contribution < -0.4 is 9.64 Å². The van der Waals surface area contributed by atoms with Crippen LogP contribution in [0.3, 0.4) is 0 Å². The summed E-state index contributed by atoms with van der Waals surface area (Å²) in [6.07, 6.45) is 15.1. The summed E-state index contributed by atoms with van der Waals surface area (Å²) in [4.78, 5) is 21.0. The van der Waals surface area contributed by atoms with Gasteiger partial charge in [-0.05, 0) is 36.8 Å². The molecule has 198 valence electrons. The number of aromatic nitrogens is 3. The average molecular weight is 522 g/mol. The van der Waals surface area contributed by atoms with Crippen LogP contribution >= 0.6 is 0 Å². The molecule has 0 saturated carbocycles. The molecule has 2 saturated heterocycles. The first-order valence-electron chi connectivity index (χ1n) is 13.1. The molecule has 0 bridgehead atoms. The second-order valence-corrected chi connectivity index (χ2v) is 10.1. The number of hydrogen-bond donors (Lipinski definition) is 0. The fraction of sp³-hybridized carbons (Fsp3) is 0.345. The Morgan fingerprint density at radius 2 is 2.00 bits per heavy atom. The first-order chi connectivity index (χ1) is 19.1. The molecule has 10 heteroatoms. The van der Waals surface area contributed by atoms with Crippen LogP contribution in [0.1, 0.15) is 18.2 Å². The van der Waals surface area contributed by atoms with Crippen molar-refractivity contribution in [3.05, 3.63) is 83.3 Å². The number of pyridine rings is 1. The standard InChI is InChI=1S/C29H31N9O/c1-4-34-38-17-22(21-8-10-35(2)16-21)11-23(25(38)7-9-30)24-13-32-28(14-31-24)36-18-26-27(19-36)37(26)15-20-5-6-29(39-3)33-12-20/h4-8,11-14,17,26-27H,10,15-16,18-19H2,1-3H3/b25-7+,34-4-. The molecule has 2 aromatic rings. The lowest BCUT2D eigenvalue weighted by atomic mass is 9.97. The van der Waals surface area contributed by atoms with Gasteiger partial charge in [-0.25, -0.2) is 15.0 Å². The second kappa shape index (κ2) is 10.4. The predicted octanol–water partition coefficient (Wildman–Crippen LogP) is 2.82. The van der Waals surface area contributed by atoms with Crippen LogP contribution in [0.2, 0.25) is 0 Å². The molecule has 0 radical (unpaired) electrons. The van der Waals surface area contributed by atoms with Crippen molar-refractivity contribution in [2.75, 3.05) is 45.2 Å². The van der Waals surface area contributed by atoms with Gasteiger partial charge < -0.3 is 9.64 Å². The van der Waals surface area contributed by atoms with Gasteiger partial charge in [0, 0.05) is 81.1 Å². The Hall–Kier alpha value is -4.33. The molecule has 2 aromatic heterocycles. The molecule has 2 unspecified atom stereocenters. The number of rotatable bonds is 7. The van der Waals surface area contributed by atoms with E-state index in [-0.39, 0.29) is 0 Å². The van der Waals surface area contributed by atoms with Crippen LogP contribution in [0.5, 0.6) is 5.88 Å². The van der Waals surface area contributed by atoms with E-state index in [0.29, 0.717) is 29.4 Å².